The minimum atomic E-state index is -4.43. The molecule has 0 spiro atoms. The number of nitrogens with zero attached hydrogens (tertiary/aromatic N) is 2. The maximum absolute atomic E-state index is 13.8. The highest BCUT2D eigenvalue weighted by Crippen LogP contribution is 2.31. The summed E-state index contributed by atoms with van der Waals surface area (Å²) in [6.45, 7) is 2.89. The van der Waals surface area contributed by atoms with E-state index in [0.29, 0.717) is 0 Å². The number of hydrogen-bond donors (Lipinski definition) is 2. The van der Waals surface area contributed by atoms with Crippen molar-refractivity contribution in [2.45, 2.75) is 31.4 Å². The summed E-state index contributed by atoms with van der Waals surface area (Å²) >= 11 is 6.09. The molecule has 2 amide bonds. The molecule has 10 nitrogen and oxygen atoms in total. The molecule has 2 N–H and O–H groups in total. The number of rotatable bonds is 11. The summed E-state index contributed by atoms with van der Waals surface area (Å²) < 4.78 is 33.7. The predicted octanol–water partition coefficient (Wildman–Crippen LogP) is 4.85. The molecule has 3 aromatic carbocycles. The van der Waals surface area contributed by atoms with Crippen LogP contribution >= 0.6 is 11.6 Å². The molecule has 0 aliphatic carbocycles. The van der Waals surface area contributed by atoms with Crippen LogP contribution in [0.3, 0.4) is 0 Å². The summed E-state index contributed by atoms with van der Waals surface area (Å²) in [7, 11) is -3.03. The number of halogens is 1. The van der Waals surface area contributed by atoms with Crippen molar-refractivity contribution < 1.29 is 32.6 Å². The van der Waals surface area contributed by atoms with Gasteiger partial charge in [-0.05, 0) is 47.9 Å². The van der Waals surface area contributed by atoms with Gasteiger partial charge in [-0.3, -0.25) is 9.10 Å². The Balaban J connectivity index is 1.79. The number of carboxylic acid groups (broad SMARTS) is 1. The van der Waals surface area contributed by atoms with Crippen LogP contribution in [0.5, 0.6) is 0 Å². The highest BCUT2D eigenvalue weighted by molar-refractivity contribution is 7.93. The van der Waals surface area contributed by atoms with Gasteiger partial charge in [0.05, 0.1) is 10.6 Å². The first kappa shape index (κ1) is 30.5. The fourth-order valence-corrected chi connectivity index (χ4v) is 5.84. The number of carbonyl (C=O) groups is 3. The van der Waals surface area contributed by atoms with E-state index < -0.39 is 40.0 Å². The van der Waals surface area contributed by atoms with Crippen molar-refractivity contribution in [1.29, 1.82) is 0 Å². The first-order valence-electron chi connectivity index (χ1n) is 12.2. The number of benzene rings is 3. The van der Waals surface area contributed by atoms with E-state index in [1.807, 2.05) is 18.2 Å². The molecule has 40 heavy (non-hydrogen) atoms. The third-order valence-corrected chi connectivity index (χ3v) is 7.81. The standard InChI is InChI=1S/C28H30ClN3O7S/c1-19(2)26(27(34)35)32(23-13-7-11-21(29)15-23)40(37,38)24-14-8-12-22(16-24)30-25(33)17-31(3)28(36)39-18-20-9-5-4-6-10-20/h4-16,19,26H,17-18H2,1-3H3,(H,30,33)(H,34,35). The van der Waals surface area contributed by atoms with Gasteiger partial charge in [-0.15, -0.1) is 0 Å². The van der Waals surface area contributed by atoms with Gasteiger partial charge in [0.2, 0.25) is 5.91 Å². The number of amides is 2. The summed E-state index contributed by atoms with van der Waals surface area (Å²) in [5.41, 5.74) is 1.01. The van der Waals surface area contributed by atoms with E-state index in [1.165, 1.54) is 49.5 Å². The number of likely N-dealkylation sites (N-methyl/N-ethyl adjacent to an activating group) is 1. The van der Waals surface area contributed by atoms with Crippen molar-refractivity contribution in [3.8, 4) is 0 Å². The highest BCUT2D eigenvalue weighted by atomic mass is 35.5. The topological polar surface area (TPSA) is 133 Å². The van der Waals surface area contributed by atoms with Crippen molar-refractivity contribution in [1.82, 2.24) is 4.90 Å². The Morgan fingerprint density at radius 3 is 2.27 bits per heavy atom. The van der Waals surface area contributed by atoms with Gasteiger partial charge < -0.3 is 20.1 Å². The molecule has 12 heteroatoms. The van der Waals surface area contributed by atoms with Gasteiger partial charge in [0.15, 0.2) is 0 Å². The number of carbonyl (C=O) groups excluding carboxylic acids is 2. The van der Waals surface area contributed by atoms with E-state index in [2.05, 4.69) is 5.32 Å². The van der Waals surface area contributed by atoms with Gasteiger partial charge in [-0.2, -0.15) is 0 Å². The largest absolute Gasteiger partial charge is 0.480 e. The van der Waals surface area contributed by atoms with E-state index in [9.17, 15) is 27.9 Å². The first-order chi connectivity index (χ1) is 18.9. The molecule has 0 aliphatic rings. The number of carboxylic acids is 1. The lowest BCUT2D eigenvalue weighted by atomic mass is 10.0. The minimum Gasteiger partial charge on any atom is -0.480 e. The van der Waals surface area contributed by atoms with Crippen LogP contribution in [0.2, 0.25) is 5.02 Å². The molecule has 0 heterocycles. The molecular formula is C28H30ClN3O7S. The van der Waals surface area contributed by atoms with Gasteiger partial charge in [0.25, 0.3) is 10.0 Å². The Labute approximate surface area is 238 Å². The minimum absolute atomic E-state index is 0.0440. The maximum atomic E-state index is 13.8. The maximum Gasteiger partial charge on any atom is 0.410 e. The van der Waals surface area contributed by atoms with Crippen molar-refractivity contribution in [2.75, 3.05) is 23.2 Å². The summed E-state index contributed by atoms with van der Waals surface area (Å²) in [6, 6.07) is 18.9. The fourth-order valence-electron chi connectivity index (χ4n) is 3.88. The zero-order chi connectivity index (χ0) is 29.4. The summed E-state index contributed by atoms with van der Waals surface area (Å²) in [5.74, 6) is -2.51. The Hall–Kier alpha value is -4.09. The lowest BCUT2D eigenvalue weighted by molar-refractivity contribution is -0.139. The third kappa shape index (κ3) is 7.73. The average Bonchev–Trinajstić information content (AvgIpc) is 2.90. The SMILES string of the molecule is CC(C)C(C(=O)O)N(c1cccc(Cl)c1)S(=O)(=O)c1cccc(NC(=O)CN(C)C(=O)OCc2ccccc2)c1. The van der Waals surface area contributed by atoms with Crippen molar-refractivity contribution in [3.63, 3.8) is 0 Å². The first-order valence-corrected chi connectivity index (χ1v) is 14.1. The average molecular weight is 588 g/mol. The molecule has 1 atom stereocenters. The zero-order valence-corrected chi connectivity index (χ0v) is 23.7. The Kier molecular flexibility index (Phi) is 10.1. The normalized spacial score (nSPS) is 11.9. The van der Waals surface area contributed by atoms with Crippen LogP contribution in [0.1, 0.15) is 19.4 Å². The fraction of sp³-hybridized carbons (Fsp3) is 0.250. The van der Waals surface area contributed by atoms with Gasteiger partial charge in [0.1, 0.15) is 19.2 Å². The van der Waals surface area contributed by atoms with E-state index in [4.69, 9.17) is 16.3 Å². The molecule has 0 fully saturated rings. The van der Waals surface area contributed by atoms with E-state index >= 15 is 0 Å². The molecule has 0 bridgehead atoms. The predicted molar refractivity (Wildman–Crippen MR) is 152 cm³/mol. The molecule has 3 aromatic rings. The Bertz CT molecular complexity index is 1470. The third-order valence-electron chi connectivity index (χ3n) is 5.77. The van der Waals surface area contributed by atoms with E-state index in [0.717, 1.165) is 14.8 Å². The molecular weight excluding hydrogens is 558 g/mol. The number of aliphatic carboxylic acids is 1. The summed E-state index contributed by atoms with van der Waals surface area (Å²) in [5, 5.41) is 12.7. The van der Waals surface area contributed by atoms with Crippen LogP contribution in [0.15, 0.2) is 83.8 Å². The molecule has 0 radical (unpaired) electrons. The molecule has 0 aromatic heterocycles. The number of ether oxygens (including phenoxy) is 1. The molecule has 3 rings (SSSR count). The second-order valence-electron chi connectivity index (χ2n) is 9.28. The van der Waals surface area contributed by atoms with Crippen LogP contribution in [-0.2, 0) is 31.0 Å². The van der Waals surface area contributed by atoms with Crippen LogP contribution in [0, 0.1) is 5.92 Å². The van der Waals surface area contributed by atoms with Gasteiger partial charge >= 0.3 is 12.1 Å². The summed E-state index contributed by atoms with van der Waals surface area (Å²) in [6.07, 6.45) is -0.708. The van der Waals surface area contributed by atoms with Gasteiger partial charge in [-0.25, -0.2) is 18.0 Å². The van der Waals surface area contributed by atoms with Crippen molar-refractivity contribution >= 4 is 51.0 Å². The van der Waals surface area contributed by atoms with Crippen LogP contribution < -0.4 is 9.62 Å². The Morgan fingerprint density at radius 2 is 1.65 bits per heavy atom. The van der Waals surface area contributed by atoms with E-state index in [-0.39, 0.29) is 34.4 Å². The lowest BCUT2D eigenvalue weighted by Crippen LogP contribution is -2.48. The highest BCUT2D eigenvalue weighted by Gasteiger charge is 2.38. The second kappa shape index (κ2) is 13.3. The number of anilines is 2. The number of hydrogen-bond acceptors (Lipinski definition) is 6. The summed E-state index contributed by atoms with van der Waals surface area (Å²) in [4.78, 5) is 37.9. The molecule has 0 aliphatic heterocycles. The van der Waals surface area contributed by atoms with Crippen LogP contribution in [0.4, 0.5) is 16.2 Å². The number of sulfonamides is 1. The van der Waals surface area contributed by atoms with Crippen molar-refractivity contribution in [2.24, 2.45) is 5.92 Å². The second-order valence-corrected chi connectivity index (χ2v) is 11.5. The van der Waals surface area contributed by atoms with E-state index in [1.54, 1.807) is 32.0 Å². The lowest BCUT2D eigenvalue weighted by Gasteiger charge is -2.32. The van der Waals surface area contributed by atoms with Crippen molar-refractivity contribution in [3.05, 3.63) is 89.4 Å². The van der Waals surface area contributed by atoms with Crippen LogP contribution in [0.25, 0.3) is 0 Å². The molecule has 212 valence electrons. The van der Waals surface area contributed by atoms with Gasteiger partial charge in [-0.1, -0.05) is 67.9 Å². The molecule has 0 saturated heterocycles. The molecule has 1 unspecified atom stereocenters. The monoisotopic (exact) mass is 587 g/mol. The smallest absolute Gasteiger partial charge is 0.410 e. The zero-order valence-electron chi connectivity index (χ0n) is 22.2. The van der Waals surface area contributed by atoms with Gasteiger partial charge in [0, 0.05) is 17.8 Å². The molecule has 0 saturated carbocycles. The number of nitrogens with one attached hydrogen (secondary N) is 1. The van der Waals surface area contributed by atoms with Crippen LogP contribution in [-0.4, -0.2) is 56.0 Å². The quantitative estimate of drug-likeness (QED) is 0.327. The Morgan fingerprint density at radius 1 is 0.975 bits per heavy atom.